The Bertz CT molecular complexity index is 1180. The number of aryl methyl sites for hydroxylation is 2. The molecule has 0 aliphatic heterocycles. The van der Waals surface area contributed by atoms with Crippen LogP contribution in [0.5, 0.6) is 5.75 Å². The molecule has 0 fully saturated rings. The Kier molecular flexibility index (Phi) is 5.34. The molecule has 7 nitrogen and oxygen atoms in total. The quantitative estimate of drug-likeness (QED) is 0.493. The number of nitrogens with one attached hydrogen (secondary N) is 2. The molecule has 2 aromatic heterocycles. The van der Waals surface area contributed by atoms with E-state index in [-0.39, 0.29) is 5.91 Å². The first kappa shape index (κ1) is 19.4. The first-order valence-corrected chi connectivity index (χ1v) is 9.74. The first-order chi connectivity index (χ1) is 14.6. The van der Waals surface area contributed by atoms with Crippen LogP contribution in [0, 0.1) is 6.92 Å². The normalized spacial score (nSPS) is 10.8. The zero-order chi connectivity index (χ0) is 21.1. The van der Waals surface area contributed by atoms with Gasteiger partial charge in [0.15, 0.2) is 5.65 Å². The summed E-state index contributed by atoms with van der Waals surface area (Å²) in [7, 11) is 1.63. The van der Waals surface area contributed by atoms with Crippen LogP contribution in [0.15, 0.2) is 60.8 Å². The van der Waals surface area contributed by atoms with Gasteiger partial charge in [0.1, 0.15) is 17.1 Å². The number of carbonyl (C=O) groups is 1. The number of nitrogens with zero attached hydrogens (tertiary/aromatic N) is 3. The largest absolute Gasteiger partial charge is 0.497 e. The number of amides is 1. The van der Waals surface area contributed by atoms with Crippen LogP contribution in [0.4, 0.5) is 17.2 Å². The van der Waals surface area contributed by atoms with Crippen molar-refractivity contribution in [1.82, 2.24) is 14.6 Å². The molecular formula is C23H23N5O2. The number of carbonyl (C=O) groups excluding carboxylic acids is 1. The fraction of sp³-hybridized carbons (Fsp3) is 0.174. The van der Waals surface area contributed by atoms with E-state index in [1.807, 2.05) is 61.5 Å². The lowest BCUT2D eigenvalue weighted by Gasteiger charge is -2.10. The minimum atomic E-state index is -0.247. The van der Waals surface area contributed by atoms with Crippen molar-refractivity contribution < 1.29 is 9.53 Å². The Balaban J connectivity index is 1.62. The average Bonchev–Trinajstić information content (AvgIpc) is 3.19. The van der Waals surface area contributed by atoms with E-state index in [0.29, 0.717) is 17.0 Å². The van der Waals surface area contributed by atoms with Crippen molar-refractivity contribution in [3.8, 4) is 5.75 Å². The molecule has 152 valence electrons. The summed E-state index contributed by atoms with van der Waals surface area (Å²) in [6.45, 7) is 3.98. The number of hydrogen-bond donors (Lipinski definition) is 2. The number of fused-ring (bicyclic) bond motifs is 1. The number of hydrogen-bond acceptors (Lipinski definition) is 5. The fourth-order valence-electron chi connectivity index (χ4n) is 3.18. The summed E-state index contributed by atoms with van der Waals surface area (Å²) in [4.78, 5) is 17.4. The van der Waals surface area contributed by atoms with Crippen molar-refractivity contribution in [3.63, 3.8) is 0 Å². The molecule has 0 saturated heterocycles. The third kappa shape index (κ3) is 3.96. The molecule has 4 rings (SSSR count). The van der Waals surface area contributed by atoms with Crippen LogP contribution in [0.25, 0.3) is 5.65 Å². The molecule has 2 heterocycles. The second kappa shape index (κ2) is 8.24. The van der Waals surface area contributed by atoms with Gasteiger partial charge < -0.3 is 15.4 Å². The monoisotopic (exact) mass is 401 g/mol. The zero-order valence-corrected chi connectivity index (χ0v) is 17.1. The molecular weight excluding hydrogens is 378 g/mol. The molecule has 1 amide bonds. The van der Waals surface area contributed by atoms with Gasteiger partial charge in [0.2, 0.25) is 0 Å². The van der Waals surface area contributed by atoms with Gasteiger partial charge in [0.25, 0.3) is 5.91 Å². The molecule has 2 N–H and O–H groups in total. The van der Waals surface area contributed by atoms with Crippen LogP contribution in [-0.2, 0) is 6.42 Å². The fourth-order valence-corrected chi connectivity index (χ4v) is 3.18. The molecule has 2 aromatic carbocycles. The summed E-state index contributed by atoms with van der Waals surface area (Å²) in [5.41, 5.74) is 4.52. The van der Waals surface area contributed by atoms with Crippen molar-refractivity contribution in [2.75, 3.05) is 17.7 Å². The summed E-state index contributed by atoms with van der Waals surface area (Å²) >= 11 is 0. The van der Waals surface area contributed by atoms with Crippen molar-refractivity contribution in [2.24, 2.45) is 0 Å². The highest BCUT2D eigenvalue weighted by molar-refractivity contribution is 6.08. The maximum atomic E-state index is 12.9. The van der Waals surface area contributed by atoms with E-state index in [9.17, 15) is 4.79 Å². The molecule has 0 aliphatic carbocycles. The second-order valence-electron chi connectivity index (χ2n) is 6.93. The maximum Gasteiger partial charge on any atom is 0.261 e. The van der Waals surface area contributed by atoms with Gasteiger partial charge in [0, 0.05) is 23.1 Å². The Morgan fingerprint density at radius 3 is 2.43 bits per heavy atom. The van der Waals surface area contributed by atoms with Gasteiger partial charge in [-0.1, -0.05) is 19.1 Å². The lowest BCUT2D eigenvalue weighted by molar-refractivity contribution is 0.102. The van der Waals surface area contributed by atoms with Crippen molar-refractivity contribution >= 4 is 28.7 Å². The maximum absolute atomic E-state index is 12.9. The Morgan fingerprint density at radius 2 is 1.77 bits per heavy atom. The molecule has 0 bridgehead atoms. The summed E-state index contributed by atoms with van der Waals surface area (Å²) in [5, 5.41) is 10.6. The molecule has 30 heavy (non-hydrogen) atoms. The average molecular weight is 401 g/mol. The topological polar surface area (TPSA) is 80.6 Å². The van der Waals surface area contributed by atoms with E-state index < -0.39 is 0 Å². The minimum Gasteiger partial charge on any atom is -0.497 e. The van der Waals surface area contributed by atoms with Crippen LogP contribution in [0.3, 0.4) is 0 Å². The molecule has 0 radical (unpaired) electrons. The Morgan fingerprint density at radius 1 is 1.07 bits per heavy atom. The van der Waals surface area contributed by atoms with E-state index in [1.54, 1.807) is 11.6 Å². The highest BCUT2D eigenvalue weighted by Gasteiger charge is 2.17. The molecule has 0 unspecified atom stereocenters. The second-order valence-corrected chi connectivity index (χ2v) is 6.93. The van der Waals surface area contributed by atoms with Crippen LogP contribution in [-0.4, -0.2) is 27.6 Å². The highest BCUT2D eigenvalue weighted by Crippen LogP contribution is 2.23. The van der Waals surface area contributed by atoms with Gasteiger partial charge in [0.05, 0.1) is 13.3 Å². The lowest BCUT2D eigenvalue weighted by Crippen LogP contribution is -2.12. The van der Waals surface area contributed by atoms with Crippen molar-refractivity contribution in [3.05, 3.63) is 77.6 Å². The van der Waals surface area contributed by atoms with Gasteiger partial charge in [-0.2, -0.15) is 9.61 Å². The van der Waals surface area contributed by atoms with Gasteiger partial charge in [-0.3, -0.25) is 4.79 Å². The van der Waals surface area contributed by atoms with E-state index >= 15 is 0 Å². The minimum absolute atomic E-state index is 0.247. The summed E-state index contributed by atoms with van der Waals surface area (Å²) in [6.07, 6.45) is 2.49. The van der Waals surface area contributed by atoms with Crippen molar-refractivity contribution in [2.45, 2.75) is 20.3 Å². The highest BCUT2D eigenvalue weighted by atomic mass is 16.5. The Labute approximate surface area is 174 Å². The van der Waals surface area contributed by atoms with Gasteiger partial charge in [-0.15, -0.1) is 0 Å². The number of anilines is 3. The molecule has 0 spiro atoms. The van der Waals surface area contributed by atoms with Crippen LogP contribution >= 0.6 is 0 Å². The van der Waals surface area contributed by atoms with Gasteiger partial charge in [-0.25, -0.2) is 4.98 Å². The molecule has 0 atom stereocenters. The zero-order valence-electron chi connectivity index (χ0n) is 17.1. The lowest BCUT2D eigenvalue weighted by atomic mass is 10.1. The van der Waals surface area contributed by atoms with E-state index in [4.69, 9.17) is 4.74 Å². The van der Waals surface area contributed by atoms with Gasteiger partial charge >= 0.3 is 0 Å². The molecule has 4 aromatic rings. The number of benzene rings is 2. The number of aromatic nitrogens is 3. The third-order valence-electron chi connectivity index (χ3n) is 4.83. The van der Waals surface area contributed by atoms with E-state index in [0.717, 1.165) is 29.2 Å². The predicted molar refractivity (Wildman–Crippen MR) is 118 cm³/mol. The van der Waals surface area contributed by atoms with E-state index in [2.05, 4.69) is 27.6 Å². The molecule has 0 aliphatic rings. The van der Waals surface area contributed by atoms with Crippen LogP contribution < -0.4 is 15.4 Å². The number of methoxy groups -OCH3 is 1. The molecule has 0 saturated carbocycles. The van der Waals surface area contributed by atoms with Crippen molar-refractivity contribution in [1.29, 1.82) is 0 Å². The van der Waals surface area contributed by atoms with E-state index in [1.165, 1.54) is 11.8 Å². The summed E-state index contributed by atoms with van der Waals surface area (Å²) < 4.78 is 6.83. The number of ether oxygens (including phenoxy) is 1. The van der Waals surface area contributed by atoms with Crippen LogP contribution in [0.1, 0.15) is 28.5 Å². The number of rotatable bonds is 6. The predicted octanol–water partition coefficient (Wildman–Crippen LogP) is 4.60. The standard InChI is InChI=1S/C23H23N5O2/c1-4-16-5-7-18(8-6-16)27-23(29)20-14-24-28-21(13-15(2)25-22(20)28)26-17-9-11-19(30-3)12-10-17/h5-14,26H,4H2,1-3H3,(H,27,29). The van der Waals surface area contributed by atoms with Gasteiger partial charge in [-0.05, 0) is 55.3 Å². The van der Waals surface area contributed by atoms with Crippen LogP contribution in [0.2, 0.25) is 0 Å². The summed E-state index contributed by atoms with van der Waals surface area (Å²) in [6, 6.07) is 17.3. The smallest absolute Gasteiger partial charge is 0.261 e. The third-order valence-corrected chi connectivity index (χ3v) is 4.83. The Hall–Kier alpha value is -3.87. The SMILES string of the molecule is CCc1ccc(NC(=O)c2cnn3c(Nc4ccc(OC)cc4)cc(C)nc23)cc1. The summed E-state index contributed by atoms with van der Waals surface area (Å²) in [5.74, 6) is 1.25. The first-order valence-electron chi connectivity index (χ1n) is 9.74. The molecule has 7 heteroatoms.